The predicted molar refractivity (Wildman–Crippen MR) is 192 cm³/mol. The Labute approximate surface area is 263 Å². The van der Waals surface area contributed by atoms with Gasteiger partial charge in [-0.05, 0) is 89.0 Å². The molecule has 2 nitrogen and oxygen atoms in total. The predicted octanol–water partition coefficient (Wildman–Crippen LogP) is 12.4. The van der Waals surface area contributed by atoms with E-state index in [4.69, 9.17) is 4.42 Å². The average molecular weight is 592 g/mol. The van der Waals surface area contributed by atoms with E-state index in [-0.39, 0.29) is 0 Å². The minimum absolute atomic E-state index is 0.921. The van der Waals surface area contributed by atoms with Crippen molar-refractivity contribution >= 4 is 75.3 Å². The van der Waals surface area contributed by atoms with Crippen LogP contribution in [-0.2, 0) is 0 Å². The molecule has 0 aliphatic rings. The van der Waals surface area contributed by atoms with Crippen LogP contribution in [0.4, 0.5) is 0 Å². The molecule has 3 heteroatoms. The number of aromatic nitrogens is 1. The highest BCUT2D eigenvalue weighted by molar-refractivity contribution is 7.25. The molecule has 0 N–H and O–H groups in total. The monoisotopic (exact) mass is 591 g/mol. The summed E-state index contributed by atoms with van der Waals surface area (Å²) in [5.41, 5.74) is 10.3. The molecule has 0 unspecified atom stereocenters. The lowest BCUT2D eigenvalue weighted by atomic mass is 9.97. The minimum atomic E-state index is 0.921. The van der Waals surface area contributed by atoms with Crippen molar-refractivity contribution in [3.63, 3.8) is 0 Å². The Kier molecular flexibility index (Phi) is 5.19. The summed E-state index contributed by atoms with van der Waals surface area (Å²) in [5.74, 6) is 0. The van der Waals surface area contributed by atoms with Gasteiger partial charge in [0.1, 0.15) is 11.2 Å². The van der Waals surface area contributed by atoms with E-state index in [0.29, 0.717) is 0 Å². The van der Waals surface area contributed by atoms with Crippen molar-refractivity contribution in [1.29, 1.82) is 0 Å². The topological polar surface area (TPSA) is 18.1 Å². The Bertz CT molecular complexity index is 2770. The second kappa shape index (κ2) is 9.43. The van der Waals surface area contributed by atoms with Gasteiger partial charge in [0.2, 0.25) is 0 Å². The molecule has 0 bridgehead atoms. The molecule has 0 aliphatic heterocycles. The van der Waals surface area contributed by atoms with E-state index in [1.807, 2.05) is 23.5 Å². The van der Waals surface area contributed by atoms with Crippen LogP contribution in [0.1, 0.15) is 0 Å². The molecule has 0 spiro atoms. The molecule has 0 radical (unpaired) electrons. The molecule has 0 saturated carbocycles. The summed E-state index contributed by atoms with van der Waals surface area (Å²) in [4.78, 5) is 0. The summed E-state index contributed by atoms with van der Waals surface area (Å²) in [6, 6.07) is 54.9. The fraction of sp³-hybridized carbons (Fsp3) is 0. The number of thiophene rings is 1. The van der Waals surface area contributed by atoms with Crippen LogP contribution in [-0.4, -0.2) is 4.57 Å². The SMILES string of the molecule is c1cc(-c2ccc3oc4ccccc4c3c2)cc(-c2ccc3c(c2)c2ccccc2n3-c2ccc3sc4ccccc4c3c2)c1. The molecule has 3 heterocycles. The summed E-state index contributed by atoms with van der Waals surface area (Å²) >= 11 is 1.86. The quantitative estimate of drug-likeness (QED) is 0.200. The largest absolute Gasteiger partial charge is 0.456 e. The molecule has 3 aromatic heterocycles. The number of nitrogens with zero attached hydrogens (tertiary/aromatic N) is 1. The highest BCUT2D eigenvalue weighted by Crippen LogP contribution is 2.39. The van der Waals surface area contributed by atoms with Crippen LogP contribution in [0.15, 0.2) is 156 Å². The van der Waals surface area contributed by atoms with Crippen molar-refractivity contribution in [3.05, 3.63) is 152 Å². The van der Waals surface area contributed by atoms with E-state index in [9.17, 15) is 0 Å². The van der Waals surface area contributed by atoms with Gasteiger partial charge in [0.15, 0.2) is 0 Å². The second-order valence-corrected chi connectivity index (χ2v) is 12.8. The second-order valence-electron chi connectivity index (χ2n) is 11.8. The third kappa shape index (κ3) is 3.75. The average Bonchev–Trinajstić information content (AvgIpc) is 3.77. The molecule has 7 aromatic carbocycles. The first kappa shape index (κ1) is 24.8. The van der Waals surface area contributed by atoms with E-state index < -0.39 is 0 Å². The zero-order valence-electron chi connectivity index (χ0n) is 24.2. The number of rotatable bonds is 3. The van der Waals surface area contributed by atoms with Crippen molar-refractivity contribution in [1.82, 2.24) is 4.57 Å². The summed E-state index contributed by atoms with van der Waals surface area (Å²) < 4.78 is 11.2. The molecule has 0 aliphatic carbocycles. The maximum atomic E-state index is 6.08. The number of benzene rings is 7. The zero-order valence-corrected chi connectivity index (χ0v) is 25.0. The van der Waals surface area contributed by atoms with Gasteiger partial charge in [-0.2, -0.15) is 0 Å². The third-order valence-electron chi connectivity index (χ3n) is 9.20. The molecule has 0 fully saturated rings. The molecule has 10 aromatic rings. The van der Waals surface area contributed by atoms with E-state index in [2.05, 4.69) is 144 Å². The van der Waals surface area contributed by atoms with Crippen LogP contribution in [0.5, 0.6) is 0 Å². The van der Waals surface area contributed by atoms with E-state index >= 15 is 0 Å². The number of fused-ring (bicyclic) bond motifs is 9. The lowest BCUT2D eigenvalue weighted by Gasteiger charge is -2.10. The molecule has 210 valence electrons. The number of hydrogen-bond donors (Lipinski definition) is 0. The van der Waals surface area contributed by atoms with Crippen LogP contribution in [0, 0.1) is 0 Å². The van der Waals surface area contributed by atoms with E-state index in [1.54, 1.807) is 0 Å². The van der Waals surface area contributed by atoms with Gasteiger partial charge in [-0.15, -0.1) is 11.3 Å². The molecule has 45 heavy (non-hydrogen) atoms. The molecular weight excluding hydrogens is 567 g/mol. The fourth-order valence-electron chi connectivity index (χ4n) is 7.07. The van der Waals surface area contributed by atoms with Gasteiger partial charge in [-0.3, -0.25) is 0 Å². The molecule has 0 amide bonds. The van der Waals surface area contributed by atoms with Gasteiger partial charge in [0.05, 0.1) is 11.0 Å². The van der Waals surface area contributed by atoms with Crippen molar-refractivity contribution in [2.45, 2.75) is 0 Å². The smallest absolute Gasteiger partial charge is 0.135 e. The van der Waals surface area contributed by atoms with Crippen LogP contribution in [0.25, 0.3) is 91.9 Å². The van der Waals surface area contributed by atoms with Gasteiger partial charge < -0.3 is 8.98 Å². The highest BCUT2D eigenvalue weighted by atomic mass is 32.1. The van der Waals surface area contributed by atoms with E-state index in [1.165, 1.54) is 69.9 Å². The Balaban J connectivity index is 1.12. The van der Waals surface area contributed by atoms with Gasteiger partial charge in [-0.1, -0.05) is 84.9 Å². The van der Waals surface area contributed by atoms with Crippen LogP contribution >= 0.6 is 11.3 Å². The Morgan fingerprint density at radius 2 is 1.02 bits per heavy atom. The summed E-state index contributed by atoms with van der Waals surface area (Å²) in [6.45, 7) is 0. The molecular formula is C42H25NOS. The third-order valence-corrected chi connectivity index (χ3v) is 10.3. The number of hydrogen-bond acceptors (Lipinski definition) is 2. The summed E-state index contributed by atoms with van der Waals surface area (Å²) in [6.07, 6.45) is 0. The van der Waals surface area contributed by atoms with Gasteiger partial charge in [0, 0.05) is 47.4 Å². The standard InChI is InChI=1S/C42H25NOS/c1-4-13-37-31(10-1)34-23-28(16-19-38(34)43(37)30-18-21-42-36(25-30)33-12-3-6-15-41(33)45-42)26-8-7-9-27(22-26)29-17-20-40-35(24-29)32-11-2-5-14-39(32)44-40/h1-25H. The number of furan rings is 1. The summed E-state index contributed by atoms with van der Waals surface area (Å²) in [7, 11) is 0. The minimum Gasteiger partial charge on any atom is -0.456 e. The lowest BCUT2D eigenvalue weighted by molar-refractivity contribution is 0.669. The normalized spacial score (nSPS) is 12.0. The van der Waals surface area contributed by atoms with E-state index in [0.717, 1.165) is 21.9 Å². The maximum Gasteiger partial charge on any atom is 0.135 e. The molecule has 0 saturated heterocycles. The van der Waals surface area contributed by atoms with Crippen LogP contribution < -0.4 is 0 Å². The highest BCUT2D eigenvalue weighted by Gasteiger charge is 2.15. The zero-order chi connectivity index (χ0) is 29.5. The van der Waals surface area contributed by atoms with Crippen LogP contribution in [0.3, 0.4) is 0 Å². The van der Waals surface area contributed by atoms with Crippen molar-refractivity contribution in [2.75, 3.05) is 0 Å². The Morgan fingerprint density at radius 1 is 0.378 bits per heavy atom. The van der Waals surface area contributed by atoms with Gasteiger partial charge >= 0.3 is 0 Å². The van der Waals surface area contributed by atoms with Gasteiger partial charge in [0.25, 0.3) is 0 Å². The maximum absolute atomic E-state index is 6.08. The van der Waals surface area contributed by atoms with Crippen LogP contribution in [0.2, 0.25) is 0 Å². The van der Waals surface area contributed by atoms with Crippen molar-refractivity contribution in [3.8, 4) is 27.9 Å². The fourth-order valence-corrected chi connectivity index (χ4v) is 8.15. The first-order chi connectivity index (χ1) is 22.3. The Morgan fingerprint density at radius 3 is 1.91 bits per heavy atom. The summed E-state index contributed by atoms with van der Waals surface area (Å²) in [5, 5.41) is 7.46. The Hall–Kier alpha value is -5.64. The number of para-hydroxylation sites is 2. The van der Waals surface area contributed by atoms with Gasteiger partial charge in [-0.25, -0.2) is 0 Å². The first-order valence-corrected chi connectivity index (χ1v) is 16.1. The molecule has 0 atom stereocenters. The van der Waals surface area contributed by atoms with Crippen molar-refractivity contribution in [2.24, 2.45) is 0 Å². The molecule has 10 rings (SSSR count). The first-order valence-electron chi connectivity index (χ1n) is 15.3. The lowest BCUT2D eigenvalue weighted by Crippen LogP contribution is -1.93. The van der Waals surface area contributed by atoms with Crippen molar-refractivity contribution < 1.29 is 4.42 Å².